The van der Waals surface area contributed by atoms with Gasteiger partial charge in [-0.2, -0.15) is 0 Å². The van der Waals surface area contributed by atoms with Crippen molar-refractivity contribution < 1.29 is 0 Å². The molecular formula is C17H17BrN2. The summed E-state index contributed by atoms with van der Waals surface area (Å²) in [6.45, 7) is 4.49. The van der Waals surface area contributed by atoms with Gasteiger partial charge in [-0.25, -0.2) is 4.98 Å². The number of hydrogen-bond acceptors (Lipinski definition) is 1. The van der Waals surface area contributed by atoms with Crippen LogP contribution in [0, 0.1) is 5.92 Å². The predicted octanol–water partition coefficient (Wildman–Crippen LogP) is 4.96. The van der Waals surface area contributed by atoms with Crippen LogP contribution >= 0.6 is 15.9 Å². The Balaban J connectivity index is 2.03. The molecule has 0 amide bonds. The van der Waals surface area contributed by atoms with E-state index in [-0.39, 0.29) is 0 Å². The monoisotopic (exact) mass is 328 g/mol. The number of rotatable bonds is 3. The van der Waals surface area contributed by atoms with Gasteiger partial charge in [-0.3, -0.25) is 4.40 Å². The molecule has 102 valence electrons. The lowest BCUT2D eigenvalue weighted by Gasteiger charge is -2.06. The molecule has 3 heteroatoms. The van der Waals surface area contributed by atoms with E-state index in [0.717, 1.165) is 27.9 Å². The Labute approximate surface area is 127 Å². The number of hydrogen-bond donors (Lipinski definition) is 0. The van der Waals surface area contributed by atoms with Gasteiger partial charge in [-0.1, -0.05) is 44.2 Å². The van der Waals surface area contributed by atoms with E-state index in [1.807, 2.05) is 18.3 Å². The molecule has 1 aromatic carbocycles. The zero-order chi connectivity index (χ0) is 14.1. The standard InChI is InChI=1S/C17H17BrN2/c1-12(2)11-13-6-8-14(9-7-13)17-19-16(18)15-5-3-4-10-20(15)17/h3-10,12H,11H2,1-2H3. The van der Waals surface area contributed by atoms with Crippen LogP contribution in [-0.4, -0.2) is 9.38 Å². The summed E-state index contributed by atoms with van der Waals surface area (Å²) in [6.07, 6.45) is 3.16. The van der Waals surface area contributed by atoms with Crippen LogP contribution in [0.3, 0.4) is 0 Å². The lowest BCUT2D eigenvalue weighted by atomic mass is 10.0. The lowest BCUT2D eigenvalue weighted by Crippen LogP contribution is -1.94. The third-order valence-electron chi connectivity index (χ3n) is 3.36. The van der Waals surface area contributed by atoms with Crippen molar-refractivity contribution in [2.75, 3.05) is 0 Å². The molecule has 0 fully saturated rings. The van der Waals surface area contributed by atoms with Gasteiger partial charge in [0, 0.05) is 11.8 Å². The SMILES string of the molecule is CC(C)Cc1ccc(-c2nc(Br)c3ccccn23)cc1. The summed E-state index contributed by atoms with van der Waals surface area (Å²) in [4.78, 5) is 4.63. The summed E-state index contributed by atoms with van der Waals surface area (Å²) in [5.41, 5.74) is 3.61. The number of aromatic nitrogens is 2. The molecule has 2 nitrogen and oxygen atoms in total. The maximum Gasteiger partial charge on any atom is 0.145 e. The number of fused-ring (bicyclic) bond motifs is 1. The number of nitrogens with zero attached hydrogens (tertiary/aromatic N) is 2. The zero-order valence-electron chi connectivity index (χ0n) is 11.7. The van der Waals surface area contributed by atoms with Gasteiger partial charge in [0.2, 0.25) is 0 Å². The van der Waals surface area contributed by atoms with E-state index < -0.39 is 0 Å². The largest absolute Gasteiger partial charge is 0.299 e. The first-order chi connectivity index (χ1) is 9.65. The number of pyridine rings is 1. The first kappa shape index (κ1) is 13.4. The fraction of sp³-hybridized carbons (Fsp3) is 0.235. The Kier molecular flexibility index (Phi) is 3.62. The first-order valence-electron chi connectivity index (χ1n) is 6.87. The van der Waals surface area contributed by atoms with Crippen LogP contribution in [0.2, 0.25) is 0 Å². The van der Waals surface area contributed by atoms with E-state index in [1.54, 1.807) is 0 Å². The number of halogens is 1. The molecule has 0 aliphatic carbocycles. The summed E-state index contributed by atoms with van der Waals surface area (Å²) in [7, 11) is 0. The smallest absolute Gasteiger partial charge is 0.145 e. The van der Waals surface area contributed by atoms with Crippen molar-refractivity contribution in [3.8, 4) is 11.4 Å². The second-order valence-electron chi connectivity index (χ2n) is 5.48. The van der Waals surface area contributed by atoms with Crippen LogP contribution in [0.25, 0.3) is 16.9 Å². The fourth-order valence-electron chi connectivity index (χ4n) is 2.46. The topological polar surface area (TPSA) is 17.3 Å². The Morgan fingerprint density at radius 2 is 1.85 bits per heavy atom. The molecule has 0 spiro atoms. The molecule has 0 radical (unpaired) electrons. The van der Waals surface area contributed by atoms with Crippen molar-refractivity contribution in [3.05, 3.63) is 58.8 Å². The minimum absolute atomic E-state index is 0.683. The molecule has 0 unspecified atom stereocenters. The average molecular weight is 329 g/mol. The van der Waals surface area contributed by atoms with Crippen LogP contribution in [0.5, 0.6) is 0 Å². The normalized spacial score (nSPS) is 11.4. The van der Waals surface area contributed by atoms with Gasteiger partial charge in [-0.15, -0.1) is 0 Å². The highest BCUT2D eigenvalue weighted by Gasteiger charge is 2.10. The Morgan fingerprint density at radius 1 is 1.10 bits per heavy atom. The molecule has 0 saturated carbocycles. The summed E-state index contributed by atoms with van der Waals surface area (Å²) < 4.78 is 3.00. The summed E-state index contributed by atoms with van der Waals surface area (Å²) >= 11 is 3.53. The van der Waals surface area contributed by atoms with Crippen molar-refractivity contribution in [1.29, 1.82) is 0 Å². The molecule has 0 N–H and O–H groups in total. The molecule has 0 aliphatic rings. The van der Waals surface area contributed by atoms with Crippen molar-refractivity contribution in [2.24, 2.45) is 5.92 Å². The summed E-state index contributed by atoms with van der Waals surface area (Å²) in [5, 5.41) is 0. The van der Waals surface area contributed by atoms with E-state index in [0.29, 0.717) is 5.92 Å². The van der Waals surface area contributed by atoms with Gasteiger partial charge in [0.15, 0.2) is 0 Å². The molecule has 0 atom stereocenters. The maximum absolute atomic E-state index is 4.63. The maximum atomic E-state index is 4.63. The van der Waals surface area contributed by atoms with Crippen LogP contribution in [0.15, 0.2) is 53.3 Å². The van der Waals surface area contributed by atoms with Crippen LogP contribution < -0.4 is 0 Å². The van der Waals surface area contributed by atoms with Gasteiger partial charge in [-0.05, 0) is 46.0 Å². The van der Waals surface area contributed by atoms with Crippen molar-refractivity contribution in [2.45, 2.75) is 20.3 Å². The van der Waals surface area contributed by atoms with Crippen LogP contribution in [0.4, 0.5) is 0 Å². The Morgan fingerprint density at radius 3 is 2.55 bits per heavy atom. The number of imidazole rings is 1. The summed E-state index contributed by atoms with van der Waals surface area (Å²) in [5.74, 6) is 1.66. The van der Waals surface area contributed by atoms with Crippen LogP contribution in [-0.2, 0) is 6.42 Å². The average Bonchev–Trinajstić information content (AvgIpc) is 2.77. The second kappa shape index (κ2) is 5.41. The van der Waals surface area contributed by atoms with E-state index in [4.69, 9.17) is 0 Å². The molecule has 3 aromatic rings. The molecule has 0 saturated heterocycles. The van der Waals surface area contributed by atoms with Gasteiger partial charge in [0.05, 0.1) is 5.52 Å². The Hall–Kier alpha value is -1.61. The highest BCUT2D eigenvalue weighted by Crippen LogP contribution is 2.26. The van der Waals surface area contributed by atoms with Crippen LogP contribution in [0.1, 0.15) is 19.4 Å². The minimum atomic E-state index is 0.683. The minimum Gasteiger partial charge on any atom is -0.299 e. The molecular weight excluding hydrogens is 312 g/mol. The van der Waals surface area contributed by atoms with Crippen molar-refractivity contribution >= 4 is 21.4 Å². The molecule has 0 bridgehead atoms. The predicted molar refractivity (Wildman–Crippen MR) is 86.9 cm³/mol. The second-order valence-corrected chi connectivity index (χ2v) is 6.23. The lowest BCUT2D eigenvalue weighted by molar-refractivity contribution is 0.647. The zero-order valence-corrected chi connectivity index (χ0v) is 13.3. The van der Waals surface area contributed by atoms with Gasteiger partial charge < -0.3 is 0 Å². The van der Waals surface area contributed by atoms with Gasteiger partial charge in [0.25, 0.3) is 0 Å². The third kappa shape index (κ3) is 2.50. The highest BCUT2D eigenvalue weighted by molar-refractivity contribution is 9.10. The molecule has 3 rings (SSSR count). The van der Waals surface area contributed by atoms with Gasteiger partial charge in [0.1, 0.15) is 10.4 Å². The van der Waals surface area contributed by atoms with E-state index in [1.165, 1.54) is 5.56 Å². The fourth-order valence-corrected chi connectivity index (χ4v) is 2.96. The quantitative estimate of drug-likeness (QED) is 0.664. The molecule has 0 aliphatic heterocycles. The van der Waals surface area contributed by atoms with E-state index >= 15 is 0 Å². The molecule has 20 heavy (non-hydrogen) atoms. The number of benzene rings is 1. The summed E-state index contributed by atoms with van der Waals surface area (Å²) in [6, 6.07) is 14.8. The first-order valence-corrected chi connectivity index (χ1v) is 7.66. The molecule has 2 aromatic heterocycles. The van der Waals surface area contributed by atoms with Gasteiger partial charge >= 0.3 is 0 Å². The van der Waals surface area contributed by atoms with Crippen molar-refractivity contribution in [1.82, 2.24) is 9.38 Å². The highest BCUT2D eigenvalue weighted by atomic mass is 79.9. The van der Waals surface area contributed by atoms with E-state index in [9.17, 15) is 0 Å². The Bertz CT molecular complexity index is 726. The van der Waals surface area contributed by atoms with Crippen molar-refractivity contribution in [3.63, 3.8) is 0 Å². The third-order valence-corrected chi connectivity index (χ3v) is 3.94. The molecule has 2 heterocycles. The van der Waals surface area contributed by atoms with E-state index in [2.05, 4.69) is 69.5 Å².